The molecule has 0 spiro atoms. The van der Waals surface area contributed by atoms with Crippen molar-refractivity contribution in [3.63, 3.8) is 0 Å². The van der Waals surface area contributed by atoms with E-state index in [9.17, 15) is 9.18 Å². The Bertz CT molecular complexity index is 603. The highest BCUT2D eigenvalue weighted by Crippen LogP contribution is 2.25. The first kappa shape index (κ1) is 14.0. The lowest BCUT2D eigenvalue weighted by Gasteiger charge is -2.07. The van der Waals surface area contributed by atoms with E-state index in [-0.39, 0.29) is 18.3 Å². The number of halogens is 2. The topological polar surface area (TPSA) is 51.2 Å². The van der Waals surface area contributed by atoms with Crippen molar-refractivity contribution in [1.82, 2.24) is 4.98 Å². The fourth-order valence-electron chi connectivity index (χ4n) is 1.30. The van der Waals surface area contributed by atoms with Crippen LogP contribution in [-0.4, -0.2) is 17.5 Å². The summed E-state index contributed by atoms with van der Waals surface area (Å²) in [5, 5.41) is 3.15. The monoisotopic (exact) mass is 344 g/mol. The number of hydrogen-bond donors (Lipinski definition) is 1. The quantitative estimate of drug-likeness (QED) is 0.924. The molecule has 19 heavy (non-hydrogen) atoms. The molecule has 0 saturated heterocycles. The SMILES string of the molecule is Cc1cnc(NC(=O)COc2ccc(F)cc2Br)s1. The van der Waals surface area contributed by atoms with Crippen LogP contribution in [0.15, 0.2) is 28.9 Å². The number of carbonyl (C=O) groups is 1. The molecule has 0 radical (unpaired) electrons. The molecular weight excluding hydrogens is 335 g/mol. The van der Waals surface area contributed by atoms with E-state index < -0.39 is 0 Å². The van der Waals surface area contributed by atoms with Gasteiger partial charge in [0.2, 0.25) is 0 Å². The maximum absolute atomic E-state index is 12.9. The van der Waals surface area contributed by atoms with Crippen molar-refractivity contribution >= 4 is 38.3 Å². The minimum Gasteiger partial charge on any atom is -0.483 e. The zero-order valence-electron chi connectivity index (χ0n) is 9.94. The van der Waals surface area contributed by atoms with Gasteiger partial charge in [0.05, 0.1) is 4.47 Å². The first-order valence-corrected chi connectivity index (χ1v) is 6.95. The number of rotatable bonds is 4. The Labute approximate surface area is 121 Å². The third-order valence-corrected chi connectivity index (χ3v) is 3.57. The molecule has 1 N–H and O–H groups in total. The van der Waals surface area contributed by atoms with E-state index in [1.54, 1.807) is 6.20 Å². The summed E-state index contributed by atoms with van der Waals surface area (Å²) in [5.74, 6) is -0.278. The molecule has 7 heteroatoms. The molecular formula is C12H10BrFN2O2S. The normalized spacial score (nSPS) is 10.3. The van der Waals surface area contributed by atoms with Crippen LogP contribution in [0.1, 0.15) is 4.88 Å². The van der Waals surface area contributed by atoms with Crippen LogP contribution in [0.25, 0.3) is 0 Å². The van der Waals surface area contributed by atoms with Gasteiger partial charge in [0.15, 0.2) is 11.7 Å². The predicted octanol–water partition coefficient (Wildman–Crippen LogP) is 3.37. The number of hydrogen-bond acceptors (Lipinski definition) is 4. The molecule has 2 rings (SSSR count). The lowest BCUT2D eigenvalue weighted by Crippen LogP contribution is -2.20. The standard InChI is InChI=1S/C12H10BrFN2O2S/c1-7-5-15-12(19-7)16-11(17)6-18-10-3-2-8(14)4-9(10)13/h2-5H,6H2,1H3,(H,15,16,17). The van der Waals surface area contributed by atoms with Gasteiger partial charge in [-0.15, -0.1) is 11.3 Å². The van der Waals surface area contributed by atoms with E-state index in [4.69, 9.17) is 4.74 Å². The van der Waals surface area contributed by atoms with Gasteiger partial charge in [-0.1, -0.05) is 0 Å². The van der Waals surface area contributed by atoms with Crippen LogP contribution >= 0.6 is 27.3 Å². The van der Waals surface area contributed by atoms with Gasteiger partial charge in [-0.05, 0) is 41.1 Å². The van der Waals surface area contributed by atoms with E-state index in [2.05, 4.69) is 26.2 Å². The molecule has 1 heterocycles. The minimum atomic E-state index is -0.373. The van der Waals surface area contributed by atoms with Crippen LogP contribution < -0.4 is 10.1 Å². The van der Waals surface area contributed by atoms with Crippen LogP contribution in [0.3, 0.4) is 0 Å². The van der Waals surface area contributed by atoms with Crippen LogP contribution in [0.2, 0.25) is 0 Å². The summed E-state index contributed by atoms with van der Waals surface area (Å²) >= 11 is 4.55. The molecule has 4 nitrogen and oxygen atoms in total. The van der Waals surface area contributed by atoms with Crippen LogP contribution in [0.5, 0.6) is 5.75 Å². The Balaban J connectivity index is 1.89. The number of aromatic nitrogens is 1. The van der Waals surface area contributed by atoms with Crippen molar-refractivity contribution in [3.8, 4) is 5.75 Å². The zero-order valence-corrected chi connectivity index (χ0v) is 12.3. The molecule has 0 atom stereocenters. The van der Waals surface area contributed by atoms with Crippen molar-refractivity contribution in [3.05, 3.63) is 39.6 Å². The largest absolute Gasteiger partial charge is 0.483 e. The van der Waals surface area contributed by atoms with E-state index in [1.807, 2.05) is 6.92 Å². The maximum Gasteiger partial charge on any atom is 0.264 e. The number of aryl methyl sites for hydroxylation is 1. The molecule has 0 saturated carbocycles. The molecule has 2 aromatic rings. The number of thiazole rings is 1. The number of nitrogens with zero attached hydrogens (tertiary/aromatic N) is 1. The van der Waals surface area contributed by atoms with Gasteiger partial charge < -0.3 is 4.74 Å². The smallest absolute Gasteiger partial charge is 0.264 e. The van der Waals surface area contributed by atoms with Gasteiger partial charge in [-0.2, -0.15) is 0 Å². The lowest BCUT2D eigenvalue weighted by molar-refractivity contribution is -0.118. The summed E-state index contributed by atoms with van der Waals surface area (Å²) in [6, 6.07) is 4.00. The third-order valence-electron chi connectivity index (χ3n) is 2.12. The van der Waals surface area contributed by atoms with Gasteiger partial charge in [0.25, 0.3) is 5.91 Å². The van der Waals surface area contributed by atoms with E-state index in [0.29, 0.717) is 15.4 Å². The number of carbonyl (C=O) groups excluding carboxylic acids is 1. The summed E-state index contributed by atoms with van der Waals surface area (Å²) in [4.78, 5) is 16.6. The van der Waals surface area contributed by atoms with Gasteiger partial charge in [-0.3, -0.25) is 10.1 Å². The summed E-state index contributed by atoms with van der Waals surface area (Å²) in [6.07, 6.45) is 1.68. The van der Waals surface area contributed by atoms with E-state index >= 15 is 0 Å². The molecule has 0 aliphatic heterocycles. The van der Waals surface area contributed by atoms with Crippen LogP contribution in [0.4, 0.5) is 9.52 Å². The minimum absolute atomic E-state index is 0.164. The first-order valence-electron chi connectivity index (χ1n) is 5.35. The molecule has 0 unspecified atom stereocenters. The Morgan fingerprint density at radius 2 is 2.37 bits per heavy atom. The summed E-state index contributed by atoms with van der Waals surface area (Å²) in [6.45, 7) is 1.74. The fraction of sp³-hybridized carbons (Fsp3) is 0.167. The number of anilines is 1. The Hall–Kier alpha value is -1.47. The maximum atomic E-state index is 12.9. The average molecular weight is 345 g/mol. The van der Waals surface area contributed by atoms with E-state index in [0.717, 1.165) is 4.88 Å². The summed E-state index contributed by atoms with van der Waals surface area (Å²) in [7, 11) is 0. The molecule has 0 aliphatic rings. The summed E-state index contributed by atoms with van der Waals surface area (Å²) < 4.78 is 18.6. The van der Waals surface area contributed by atoms with Crippen LogP contribution in [0, 0.1) is 12.7 Å². The molecule has 1 aromatic carbocycles. The molecule has 1 aromatic heterocycles. The highest BCUT2D eigenvalue weighted by atomic mass is 79.9. The second-order valence-electron chi connectivity index (χ2n) is 3.69. The average Bonchev–Trinajstić information content (AvgIpc) is 2.73. The third kappa shape index (κ3) is 4.00. The molecule has 1 amide bonds. The van der Waals surface area contributed by atoms with Crippen LogP contribution in [-0.2, 0) is 4.79 Å². The Kier molecular flexibility index (Phi) is 4.49. The number of ether oxygens (including phenoxy) is 1. The lowest BCUT2D eigenvalue weighted by atomic mass is 10.3. The molecule has 0 aliphatic carbocycles. The summed E-state index contributed by atoms with van der Waals surface area (Å²) in [5.41, 5.74) is 0. The second kappa shape index (κ2) is 6.12. The van der Waals surface area contributed by atoms with Crippen molar-refractivity contribution in [2.24, 2.45) is 0 Å². The highest BCUT2D eigenvalue weighted by molar-refractivity contribution is 9.10. The van der Waals surface area contributed by atoms with Gasteiger partial charge in [-0.25, -0.2) is 9.37 Å². The molecule has 0 bridgehead atoms. The highest BCUT2D eigenvalue weighted by Gasteiger charge is 2.08. The van der Waals surface area contributed by atoms with E-state index in [1.165, 1.54) is 29.5 Å². The Morgan fingerprint density at radius 3 is 3.00 bits per heavy atom. The van der Waals surface area contributed by atoms with Crippen molar-refractivity contribution in [2.75, 3.05) is 11.9 Å². The second-order valence-corrected chi connectivity index (χ2v) is 5.78. The number of benzene rings is 1. The number of amides is 1. The van der Waals surface area contributed by atoms with Gasteiger partial charge in [0, 0.05) is 11.1 Å². The van der Waals surface area contributed by atoms with Crippen molar-refractivity contribution in [2.45, 2.75) is 6.92 Å². The molecule has 0 fully saturated rings. The number of nitrogens with one attached hydrogen (secondary N) is 1. The Morgan fingerprint density at radius 1 is 1.58 bits per heavy atom. The van der Waals surface area contributed by atoms with Gasteiger partial charge >= 0.3 is 0 Å². The zero-order chi connectivity index (χ0) is 13.8. The predicted molar refractivity (Wildman–Crippen MR) is 75.1 cm³/mol. The van der Waals surface area contributed by atoms with Gasteiger partial charge in [0.1, 0.15) is 11.6 Å². The molecule has 100 valence electrons. The fourth-order valence-corrected chi connectivity index (χ4v) is 2.45. The first-order chi connectivity index (χ1) is 9.04. The van der Waals surface area contributed by atoms with Crippen molar-refractivity contribution < 1.29 is 13.9 Å². The van der Waals surface area contributed by atoms with Crippen molar-refractivity contribution in [1.29, 1.82) is 0 Å².